The summed E-state index contributed by atoms with van der Waals surface area (Å²) in [5.74, 6) is 2.07. The third kappa shape index (κ3) is 3.25. The monoisotopic (exact) mass is 340 g/mol. The summed E-state index contributed by atoms with van der Waals surface area (Å²) in [5.41, 5.74) is 3.47. The molecular weight excluding hydrogens is 316 g/mol. The number of rotatable bonds is 5. The van der Waals surface area contributed by atoms with Gasteiger partial charge in [-0.2, -0.15) is 0 Å². The fourth-order valence-corrected chi connectivity index (χ4v) is 4.99. The number of aryl methyl sites for hydroxylation is 1. The Morgan fingerprint density at radius 3 is 2.71 bits per heavy atom. The third-order valence-corrected chi connectivity index (χ3v) is 6.43. The van der Waals surface area contributed by atoms with Crippen LogP contribution in [-0.2, 0) is 11.2 Å². The lowest BCUT2D eigenvalue weighted by Gasteiger charge is -2.20. The van der Waals surface area contributed by atoms with Crippen LogP contribution in [0.5, 0.6) is 0 Å². The van der Waals surface area contributed by atoms with Crippen LogP contribution in [0.2, 0.25) is 0 Å². The van der Waals surface area contributed by atoms with E-state index in [-0.39, 0.29) is 5.91 Å². The van der Waals surface area contributed by atoms with Gasteiger partial charge in [-0.05, 0) is 50.0 Å². The van der Waals surface area contributed by atoms with Gasteiger partial charge in [-0.1, -0.05) is 30.7 Å². The predicted molar refractivity (Wildman–Crippen MR) is 97.9 cm³/mol. The van der Waals surface area contributed by atoms with Crippen molar-refractivity contribution >= 4 is 17.2 Å². The number of carbonyl (C=O) groups is 1. The molecule has 2 aliphatic carbocycles. The highest BCUT2D eigenvalue weighted by atomic mass is 32.1. The van der Waals surface area contributed by atoms with Crippen LogP contribution < -0.4 is 5.32 Å². The van der Waals surface area contributed by atoms with Gasteiger partial charge < -0.3 is 5.32 Å². The highest BCUT2D eigenvalue weighted by Crippen LogP contribution is 2.48. The lowest BCUT2D eigenvalue weighted by Crippen LogP contribution is -2.34. The molecule has 2 saturated carbocycles. The first-order chi connectivity index (χ1) is 11.7. The van der Waals surface area contributed by atoms with E-state index in [9.17, 15) is 4.79 Å². The van der Waals surface area contributed by atoms with Crippen molar-refractivity contribution in [2.75, 3.05) is 6.54 Å². The molecule has 0 aliphatic heterocycles. The van der Waals surface area contributed by atoms with Crippen molar-refractivity contribution in [3.8, 4) is 11.3 Å². The largest absolute Gasteiger partial charge is 0.356 e. The maximum atomic E-state index is 12.3. The molecule has 24 heavy (non-hydrogen) atoms. The van der Waals surface area contributed by atoms with Crippen molar-refractivity contribution in [2.45, 2.75) is 39.0 Å². The van der Waals surface area contributed by atoms with Crippen LogP contribution in [0.15, 0.2) is 29.6 Å². The zero-order valence-corrected chi connectivity index (χ0v) is 14.9. The number of thiazole rings is 1. The maximum absolute atomic E-state index is 12.3. The molecule has 126 valence electrons. The van der Waals surface area contributed by atoms with E-state index in [1.807, 2.05) is 6.92 Å². The lowest BCUT2D eigenvalue weighted by molar-refractivity contribution is -0.126. The summed E-state index contributed by atoms with van der Waals surface area (Å²) < 4.78 is 0. The number of carbonyl (C=O) groups excluding carboxylic acids is 1. The molecule has 3 unspecified atom stereocenters. The van der Waals surface area contributed by atoms with Crippen molar-refractivity contribution < 1.29 is 4.79 Å². The number of fused-ring (bicyclic) bond motifs is 2. The van der Waals surface area contributed by atoms with Gasteiger partial charge in [0.2, 0.25) is 5.91 Å². The summed E-state index contributed by atoms with van der Waals surface area (Å²) in [4.78, 5) is 16.9. The number of hydrogen-bond donors (Lipinski definition) is 1. The number of nitrogens with zero attached hydrogens (tertiary/aromatic N) is 1. The second-order valence-corrected chi connectivity index (χ2v) is 8.33. The number of amides is 1. The molecule has 2 bridgehead atoms. The minimum absolute atomic E-state index is 0.289. The van der Waals surface area contributed by atoms with Crippen LogP contribution >= 0.6 is 11.3 Å². The van der Waals surface area contributed by atoms with E-state index in [0.717, 1.165) is 41.6 Å². The molecule has 3 atom stereocenters. The molecule has 4 heteroatoms. The molecular formula is C20H24N2OS. The standard InChI is InChI=1S/C20H24N2OS/c1-13-22-19(12-24-13)16-5-2-14(3-6-16)8-9-21-20(23)18-11-15-4-7-17(18)10-15/h2-3,5-6,12,15,17-18H,4,7-11H2,1H3,(H,21,23). The molecule has 3 nitrogen and oxygen atoms in total. The van der Waals surface area contributed by atoms with Crippen LogP contribution in [0.25, 0.3) is 11.3 Å². The van der Waals surface area contributed by atoms with Crippen molar-refractivity contribution in [2.24, 2.45) is 17.8 Å². The zero-order valence-electron chi connectivity index (χ0n) is 14.1. The molecule has 4 rings (SSSR count). The van der Waals surface area contributed by atoms with Gasteiger partial charge in [-0.3, -0.25) is 4.79 Å². The first kappa shape index (κ1) is 15.8. The molecule has 0 saturated heterocycles. The van der Waals surface area contributed by atoms with E-state index in [1.165, 1.54) is 24.8 Å². The van der Waals surface area contributed by atoms with Crippen LogP contribution in [0.4, 0.5) is 0 Å². The van der Waals surface area contributed by atoms with Gasteiger partial charge in [0.25, 0.3) is 0 Å². The SMILES string of the molecule is Cc1nc(-c2ccc(CCNC(=O)C3CC4CCC3C4)cc2)cs1. The first-order valence-corrected chi connectivity index (χ1v) is 9.86. The van der Waals surface area contributed by atoms with Gasteiger partial charge in [0.1, 0.15) is 0 Å². The topological polar surface area (TPSA) is 42.0 Å². The second-order valence-electron chi connectivity index (χ2n) is 7.27. The quantitative estimate of drug-likeness (QED) is 0.886. The average molecular weight is 340 g/mol. The van der Waals surface area contributed by atoms with Crippen molar-refractivity contribution in [1.29, 1.82) is 0 Å². The van der Waals surface area contributed by atoms with Gasteiger partial charge >= 0.3 is 0 Å². The van der Waals surface area contributed by atoms with Crippen molar-refractivity contribution in [3.63, 3.8) is 0 Å². The third-order valence-electron chi connectivity index (χ3n) is 5.66. The van der Waals surface area contributed by atoms with Gasteiger partial charge in [-0.15, -0.1) is 11.3 Å². The van der Waals surface area contributed by atoms with Crippen LogP contribution in [0.3, 0.4) is 0 Å². The smallest absolute Gasteiger partial charge is 0.223 e. The fraction of sp³-hybridized carbons (Fsp3) is 0.500. The minimum atomic E-state index is 0.289. The van der Waals surface area contributed by atoms with E-state index in [4.69, 9.17) is 0 Å². The van der Waals surface area contributed by atoms with E-state index < -0.39 is 0 Å². The minimum Gasteiger partial charge on any atom is -0.356 e. The number of hydrogen-bond acceptors (Lipinski definition) is 3. The lowest BCUT2D eigenvalue weighted by atomic mass is 9.88. The van der Waals surface area contributed by atoms with E-state index in [1.54, 1.807) is 11.3 Å². The molecule has 1 aromatic heterocycles. The van der Waals surface area contributed by atoms with E-state index in [0.29, 0.717) is 11.8 Å². The van der Waals surface area contributed by atoms with Gasteiger partial charge in [0, 0.05) is 23.4 Å². The van der Waals surface area contributed by atoms with Gasteiger partial charge in [0.05, 0.1) is 10.7 Å². The zero-order chi connectivity index (χ0) is 16.5. The molecule has 2 aliphatic rings. The molecule has 0 radical (unpaired) electrons. The number of benzene rings is 1. The molecule has 0 spiro atoms. The molecule has 1 N–H and O–H groups in total. The fourth-order valence-electron chi connectivity index (χ4n) is 4.37. The Labute approximate surface area is 147 Å². The molecule has 1 amide bonds. The summed E-state index contributed by atoms with van der Waals surface area (Å²) in [6, 6.07) is 8.55. The van der Waals surface area contributed by atoms with Crippen molar-refractivity contribution in [1.82, 2.24) is 10.3 Å². The van der Waals surface area contributed by atoms with E-state index in [2.05, 4.69) is 39.9 Å². The predicted octanol–water partition coefficient (Wildman–Crippen LogP) is 4.21. The van der Waals surface area contributed by atoms with Gasteiger partial charge in [-0.25, -0.2) is 4.98 Å². The Bertz CT molecular complexity index is 721. The molecule has 2 aromatic rings. The Kier molecular flexibility index (Phi) is 4.40. The Morgan fingerprint density at radius 2 is 2.08 bits per heavy atom. The molecule has 2 fully saturated rings. The highest BCUT2D eigenvalue weighted by Gasteiger charge is 2.42. The maximum Gasteiger partial charge on any atom is 0.223 e. The van der Waals surface area contributed by atoms with Crippen LogP contribution in [-0.4, -0.2) is 17.4 Å². The average Bonchev–Trinajstić information content (AvgIpc) is 3.32. The van der Waals surface area contributed by atoms with Crippen LogP contribution in [0, 0.1) is 24.7 Å². The Hall–Kier alpha value is -1.68. The Balaban J connectivity index is 1.28. The molecule has 1 heterocycles. The van der Waals surface area contributed by atoms with Crippen molar-refractivity contribution in [3.05, 3.63) is 40.2 Å². The number of aromatic nitrogens is 1. The Morgan fingerprint density at radius 1 is 1.25 bits per heavy atom. The van der Waals surface area contributed by atoms with E-state index >= 15 is 0 Å². The number of nitrogens with one attached hydrogen (secondary N) is 1. The summed E-state index contributed by atoms with van der Waals surface area (Å²) >= 11 is 1.68. The summed E-state index contributed by atoms with van der Waals surface area (Å²) in [5, 5.41) is 6.35. The van der Waals surface area contributed by atoms with Crippen LogP contribution in [0.1, 0.15) is 36.3 Å². The summed E-state index contributed by atoms with van der Waals surface area (Å²) in [6.45, 7) is 2.77. The van der Waals surface area contributed by atoms with Gasteiger partial charge in [0.15, 0.2) is 0 Å². The summed E-state index contributed by atoms with van der Waals surface area (Å²) in [6.07, 6.45) is 5.91. The first-order valence-electron chi connectivity index (χ1n) is 8.98. The normalized spacial score (nSPS) is 25.1. The summed E-state index contributed by atoms with van der Waals surface area (Å²) in [7, 11) is 0. The highest BCUT2D eigenvalue weighted by molar-refractivity contribution is 7.09. The second kappa shape index (κ2) is 6.67. The molecule has 1 aromatic carbocycles.